The predicted octanol–water partition coefficient (Wildman–Crippen LogP) is -6.08. The number of carboxylic acids is 4. The normalized spacial score (nSPS) is 10.2. The maximum absolute atomic E-state index is 10.5. The molecular formula is C10H13CoN2O8. The maximum atomic E-state index is 10.5. The maximum Gasteiger partial charge on any atom is 3.00 e. The Morgan fingerprint density at radius 2 is 1.00 bits per heavy atom. The summed E-state index contributed by atoms with van der Waals surface area (Å²) in [7, 11) is 0. The minimum atomic E-state index is -1.52. The molecule has 0 bridgehead atoms. The summed E-state index contributed by atoms with van der Waals surface area (Å²) >= 11 is 0. The van der Waals surface area contributed by atoms with Gasteiger partial charge in [-0.25, -0.2) is 0 Å². The van der Waals surface area contributed by atoms with Crippen molar-refractivity contribution in [3.63, 3.8) is 0 Å². The number of rotatable bonds is 11. The molecule has 0 rings (SSSR count). The first-order valence-electron chi connectivity index (χ1n) is 5.46. The van der Waals surface area contributed by atoms with E-state index in [1.165, 1.54) is 0 Å². The van der Waals surface area contributed by atoms with Crippen molar-refractivity contribution in [3.05, 3.63) is 0 Å². The van der Waals surface area contributed by atoms with E-state index in [1.807, 2.05) is 0 Å². The quantitative estimate of drug-likeness (QED) is 0.380. The number of hydrogen-bond donors (Lipinski definition) is 1. The van der Waals surface area contributed by atoms with Crippen LogP contribution in [-0.4, -0.2) is 78.1 Å². The van der Waals surface area contributed by atoms with Crippen LogP contribution in [0.1, 0.15) is 0 Å². The van der Waals surface area contributed by atoms with Crippen LogP contribution in [0.5, 0.6) is 0 Å². The van der Waals surface area contributed by atoms with E-state index in [9.17, 15) is 34.5 Å². The zero-order chi connectivity index (χ0) is 15.7. The summed E-state index contributed by atoms with van der Waals surface area (Å²) in [4.78, 5) is 43.7. The summed E-state index contributed by atoms with van der Waals surface area (Å²) in [6, 6.07) is 0. The van der Waals surface area contributed by atoms with Gasteiger partial charge in [-0.15, -0.1) is 0 Å². The molecule has 0 aromatic rings. The van der Waals surface area contributed by atoms with E-state index in [1.54, 1.807) is 0 Å². The fourth-order valence-electron chi connectivity index (χ4n) is 1.45. The molecule has 0 unspecified atom stereocenters. The number of carbonyl (C=O) groups excluding carboxylic acids is 3. The van der Waals surface area contributed by atoms with Crippen molar-refractivity contribution in [2.24, 2.45) is 0 Å². The fourth-order valence-corrected chi connectivity index (χ4v) is 1.45. The molecule has 1 N–H and O–H groups in total. The topological polar surface area (TPSA) is 164 Å². The second kappa shape index (κ2) is 11.0. The molecule has 0 amide bonds. The summed E-state index contributed by atoms with van der Waals surface area (Å²) in [5, 5.41) is 39.8. The summed E-state index contributed by atoms with van der Waals surface area (Å²) in [5.74, 6) is -5.82. The van der Waals surface area contributed by atoms with Crippen molar-refractivity contribution in [2.45, 2.75) is 0 Å². The van der Waals surface area contributed by atoms with Gasteiger partial charge in [-0.3, -0.25) is 14.6 Å². The number of hydrogen-bond acceptors (Lipinski definition) is 9. The van der Waals surface area contributed by atoms with E-state index in [4.69, 9.17) is 5.11 Å². The molecule has 0 radical (unpaired) electrons. The van der Waals surface area contributed by atoms with E-state index in [2.05, 4.69) is 0 Å². The average molecular weight is 348 g/mol. The molecule has 0 fully saturated rings. The average Bonchev–Trinajstić information content (AvgIpc) is 2.22. The van der Waals surface area contributed by atoms with Crippen molar-refractivity contribution in [1.82, 2.24) is 9.80 Å². The summed E-state index contributed by atoms with van der Waals surface area (Å²) in [5.41, 5.74) is 0. The largest absolute Gasteiger partial charge is 3.00 e. The molecule has 10 nitrogen and oxygen atoms in total. The Balaban J connectivity index is 0. The zero-order valence-corrected chi connectivity index (χ0v) is 11.8. The Kier molecular flexibility index (Phi) is 11.3. The molecule has 21 heavy (non-hydrogen) atoms. The van der Waals surface area contributed by atoms with Crippen molar-refractivity contribution >= 4 is 23.9 Å². The van der Waals surface area contributed by atoms with Gasteiger partial charge in [-0.2, -0.15) is 0 Å². The van der Waals surface area contributed by atoms with Crippen molar-refractivity contribution in [1.29, 1.82) is 0 Å². The number of aliphatic carboxylic acids is 4. The standard InChI is InChI=1S/C10H16N2O8.Co/c13-7(14)3-11(4-8(15)16)1-2-12(5-9(17)18)6-10(19)20;/h1-6H2,(H,13,14)(H,15,16)(H,17,18)(H,19,20);/q;+3/p-3. The van der Waals surface area contributed by atoms with E-state index in [-0.39, 0.29) is 29.9 Å². The Morgan fingerprint density at radius 3 is 1.24 bits per heavy atom. The first-order valence-corrected chi connectivity index (χ1v) is 5.46. The SMILES string of the molecule is O=C([O-])CN(CCN(CC(=O)[O-])CC(=O)O)CC(=O)[O-].[Co+3]. The first kappa shape index (κ1) is 21.6. The van der Waals surface area contributed by atoms with Gasteiger partial charge in [0, 0.05) is 32.7 Å². The Labute approximate surface area is 130 Å². The molecule has 0 saturated carbocycles. The third kappa shape index (κ3) is 13.1. The molecule has 0 saturated heterocycles. The van der Waals surface area contributed by atoms with Crippen LogP contribution >= 0.6 is 0 Å². The summed E-state index contributed by atoms with van der Waals surface area (Å²) in [6.07, 6.45) is 0. The van der Waals surface area contributed by atoms with Crippen LogP contribution in [0.15, 0.2) is 0 Å². The Hall–Kier alpha value is -1.69. The van der Waals surface area contributed by atoms with Crippen LogP contribution in [0.25, 0.3) is 0 Å². The van der Waals surface area contributed by atoms with Crippen LogP contribution in [0, 0.1) is 0 Å². The Bertz CT molecular complexity index is 321. The third-order valence-electron chi connectivity index (χ3n) is 2.15. The van der Waals surface area contributed by atoms with E-state index in [0.29, 0.717) is 0 Å². The molecule has 11 heteroatoms. The second-order valence-electron chi connectivity index (χ2n) is 3.93. The molecule has 120 valence electrons. The Morgan fingerprint density at radius 1 is 0.714 bits per heavy atom. The van der Waals surface area contributed by atoms with Crippen molar-refractivity contribution in [2.75, 3.05) is 39.3 Å². The first-order chi connectivity index (χ1) is 9.20. The second-order valence-corrected chi connectivity index (χ2v) is 3.93. The smallest absolute Gasteiger partial charge is 0.549 e. The third-order valence-corrected chi connectivity index (χ3v) is 2.15. The molecule has 0 aromatic carbocycles. The molecule has 0 aromatic heterocycles. The van der Waals surface area contributed by atoms with Crippen LogP contribution in [0.3, 0.4) is 0 Å². The van der Waals surface area contributed by atoms with Gasteiger partial charge in [0.15, 0.2) is 0 Å². The van der Waals surface area contributed by atoms with Gasteiger partial charge in [-0.1, -0.05) is 0 Å². The van der Waals surface area contributed by atoms with E-state index < -0.39 is 50.1 Å². The summed E-state index contributed by atoms with van der Waals surface area (Å²) in [6.45, 7) is -3.00. The van der Waals surface area contributed by atoms with Crippen molar-refractivity contribution < 1.29 is 56.4 Å². The fraction of sp³-hybridized carbons (Fsp3) is 0.600. The van der Waals surface area contributed by atoms with E-state index in [0.717, 1.165) is 9.80 Å². The van der Waals surface area contributed by atoms with Crippen LogP contribution in [0.2, 0.25) is 0 Å². The molecule has 0 atom stereocenters. The van der Waals surface area contributed by atoms with Gasteiger partial charge in [-0.05, 0) is 0 Å². The van der Waals surface area contributed by atoms with Gasteiger partial charge in [0.2, 0.25) is 0 Å². The minimum Gasteiger partial charge on any atom is -0.549 e. The van der Waals surface area contributed by atoms with Crippen LogP contribution in [-0.2, 0) is 36.0 Å². The van der Waals surface area contributed by atoms with Crippen LogP contribution < -0.4 is 15.3 Å². The van der Waals surface area contributed by atoms with E-state index >= 15 is 0 Å². The van der Waals surface area contributed by atoms with Crippen LogP contribution in [0.4, 0.5) is 0 Å². The summed E-state index contributed by atoms with van der Waals surface area (Å²) < 4.78 is 0. The van der Waals surface area contributed by atoms with Gasteiger partial charge in [0.05, 0.1) is 24.5 Å². The molecule has 0 aliphatic rings. The molecule has 0 aliphatic heterocycles. The predicted molar refractivity (Wildman–Crippen MR) is 55.5 cm³/mol. The molecular weight excluding hydrogens is 335 g/mol. The minimum absolute atomic E-state index is 0. The number of nitrogens with zero attached hydrogens (tertiary/aromatic N) is 2. The molecule has 0 aliphatic carbocycles. The monoisotopic (exact) mass is 348 g/mol. The number of carboxylic acid groups (broad SMARTS) is 4. The van der Waals surface area contributed by atoms with Gasteiger partial charge in [0.1, 0.15) is 0 Å². The van der Waals surface area contributed by atoms with Gasteiger partial charge < -0.3 is 34.8 Å². The molecule has 0 spiro atoms. The van der Waals surface area contributed by atoms with Gasteiger partial charge >= 0.3 is 22.7 Å². The van der Waals surface area contributed by atoms with Crippen molar-refractivity contribution in [3.8, 4) is 0 Å². The zero-order valence-electron chi connectivity index (χ0n) is 10.8. The molecule has 0 heterocycles. The number of carbonyl (C=O) groups is 4. The van der Waals surface area contributed by atoms with Gasteiger partial charge in [0.25, 0.3) is 0 Å².